The molecule has 0 aliphatic rings. The normalized spacial score (nSPS) is 12.7. The number of thiophene rings is 1. The highest BCUT2D eigenvalue weighted by atomic mass is 32.1. The molecule has 8 heteroatoms. The number of hydrogen-bond acceptors (Lipinski definition) is 7. The molecule has 0 aliphatic carbocycles. The number of aromatic amines is 1. The molecule has 0 radical (unpaired) electrons. The molecule has 3 rings (SSSR count). The number of anilines is 2. The van der Waals surface area contributed by atoms with Crippen molar-refractivity contribution in [1.82, 2.24) is 20.2 Å². The van der Waals surface area contributed by atoms with Crippen molar-refractivity contribution in [2.24, 2.45) is 0 Å². The van der Waals surface area contributed by atoms with Gasteiger partial charge in [-0.15, -0.1) is 11.3 Å². The molecule has 0 aromatic carbocycles. The minimum Gasteiger partial charge on any atom is -0.394 e. The Labute approximate surface area is 118 Å². The second-order valence-corrected chi connectivity index (χ2v) is 5.51. The van der Waals surface area contributed by atoms with E-state index in [1.54, 1.807) is 17.5 Å². The van der Waals surface area contributed by atoms with E-state index in [0.29, 0.717) is 5.82 Å². The molecular weight excluding hydrogens is 276 g/mol. The number of aromatic nitrogens is 4. The maximum atomic E-state index is 9.15. The Bertz CT molecular complexity index is 723. The van der Waals surface area contributed by atoms with Gasteiger partial charge in [0.1, 0.15) is 5.82 Å². The smallest absolute Gasteiger partial charge is 0.222 e. The Morgan fingerprint density at radius 2 is 2.35 bits per heavy atom. The van der Waals surface area contributed by atoms with Crippen LogP contribution in [0.15, 0.2) is 18.3 Å². The number of nitrogens with zero attached hydrogens (tertiary/aromatic N) is 3. The van der Waals surface area contributed by atoms with E-state index in [4.69, 9.17) is 10.8 Å². The van der Waals surface area contributed by atoms with Crippen LogP contribution in [0.5, 0.6) is 0 Å². The third-order valence-corrected chi connectivity index (χ3v) is 3.98. The van der Waals surface area contributed by atoms with Crippen molar-refractivity contribution in [3.05, 3.63) is 18.3 Å². The summed E-state index contributed by atoms with van der Waals surface area (Å²) < 4.78 is 0.907. The fourth-order valence-electron chi connectivity index (χ4n) is 1.85. The van der Waals surface area contributed by atoms with Gasteiger partial charge in [0.2, 0.25) is 5.95 Å². The molecule has 1 atom stereocenters. The minimum atomic E-state index is -0.106. The number of hydrogen-bond donors (Lipinski definition) is 4. The molecule has 0 fully saturated rings. The quantitative estimate of drug-likeness (QED) is 0.578. The molecule has 0 saturated carbocycles. The molecule has 3 aromatic heterocycles. The summed E-state index contributed by atoms with van der Waals surface area (Å²) in [6.45, 7) is 1.89. The van der Waals surface area contributed by atoms with Crippen LogP contribution < -0.4 is 11.1 Å². The first-order chi connectivity index (χ1) is 9.67. The van der Waals surface area contributed by atoms with Crippen LogP contribution in [0, 0.1) is 0 Å². The summed E-state index contributed by atoms with van der Waals surface area (Å²) >= 11 is 1.55. The summed E-state index contributed by atoms with van der Waals surface area (Å²) in [5.41, 5.74) is 7.43. The van der Waals surface area contributed by atoms with Crippen LogP contribution in [0.25, 0.3) is 20.8 Å². The van der Waals surface area contributed by atoms with Gasteiger partial charge >= 0.3 is 0 Å². The highest BCUT2D eigenvalue weighted by molar-refractivity contribution is 7.22. The van der Waals surface area contributed by atoms with Crippen LogP contribution in [0.1, 0.15) is 6.92 Å². The zero-order valence-corrected chi connectivity index (χ0v) is 11.6. The average Bonchev–Trinajstić information content (AvgIpc) is 3.06. The maximum absolute atomic E-state index is 9.15. The number of nitrogen functional groups attached to an aromatic ring is 1. The topological polar surface area (TPSA) is 113 Å². The van der Waals surface area contributed by atoms with Gasteiger partial charge < -0.3 is 16.2 Å². The van der Waals surface area contributed by atoms with Crippen molar-refractivity contribution in [2.45, 2.75) is 13.0 Å². The first-order valence-electron chi connectivity index (χ1n) is 6.11. The molecule has 0 spiro atoms. The summed E-state index contributed by atoms with van der Waals surface area (Å²) in [4.78, 5) is 9.46. The Balaban J connectivity index is 2.10. The van der Waals surface area contributed by atoms with E-state index in [0.717, 1.165) is 20.8 Å². The monoisotopic (exact) mass is 290 g/mol. The summed E-state index contributed by atoms with van der Waals surface area (Å²) in [5.74, 6) is 0.851. The van der Waals surface area contributed by atoms with Gasteiger partial charge in [0.05, 0.1) is 27.4 Å². The van der Waals surface area contributed by atoms with Gasteiger partial charge in [-0.1, -0.05) is 0 Å². The molecule has 104 valence electrons. The molecule has 3 heterocycles. The zero-order chi connectivity index (χ0) is 14.1. The number of aliphatic hydroxyl groups is 1. The highest BCUT2D eigenvalue weighted by Gasteiger charge is 2.14. The van der Waals surface area contributed by atoms with Gasteiger partial charge in [-0.3, -0.25) is 5.10 Å². The Morgan fingerprint density at radius 3 is 3.05 bits per heavy atom. The summed E-state index contributed by atoms with van der Waals surface area (Å²) in [7, 11) is 0. The van der Waals surface area contributed by atoms with E-state index in [-0.39, 0.29) is 18.6 Å². The lowest BCUT2D eigenvalue weighted by atomic mass is 10.3. The van der Waals surface area contributed by atoms with E-state index in [1.165, 1.54) is 0 Å². The number of H-pyrrole nitrogens is 1. The lowest BCUT2D eigenvalue weighted by Gasteiger charge is -2.12. The fraction of sp³-hybridized carbons (Fsp3) is 0.250. The fourth-order valence-corrected chi connectivity index (χ4v) is 2.88. The van der Waals surface area contributed by atoms with Crippen LogP contribution in [0.2, 0.25) is 0 Å². The van der Waals surface area contributed by atoms with Crippen LogP contribution in [0.4, 0.5) is 11.8 Å². The summed E-state index contributed by atoms with van der Waals surface area (Å²) in [6.07, 6.45) is 1.70. The number of nitrogens with one attached hydrogen (secondary N) is 2. The van der Waals surface area contributed by atoms with Gasteiger partial charge in [-0.2, -0.15) is 10.1 Å². The van der Waals surface area contributed by atoms with E-state index in [9.17, 15) is 0 Å². The van der Waals surface area contributed by atoms with Gasteiger partial charge in [0, 0.05) is 12.2 Å². The van der Waals surface area contributed by atoms with E-state index in [2.05, 4.69) is 25.5 Å². The summed E-state index contributed by atoms with van der Waals surface area (Å²) in [5, 5.41) is 19.1. The standard InChI is InChI=1S/C12H14N6OS/c1-6(5-19)15-11-10-8(16-12(13)17-11)4-9(20-10)7-2-3-14-18-7/h2-4,6,19H,5H2,1H3,(H,14,18)(H3,13,15,16,17)/t6-/m0/s1. The predicted molar refractivity (Wildman–Crippen MR) is 79.6 cm³/mol. The van der Waals surface area contributed by atoms with Crippen LogP contribution >= 0.6 is 11.3 Å². The van der Waals surface area contributed by atoms with E-state index in [1.807, 2.05) is 19.1 Å². The molecule has 5 N–H and O–H groups in total. The SMILES string of the molecule is C[C@@H](CO)Nc1nc(N)nc2cc(-c3ccn[nH]3)sc12. The van der Waals surface area contributed by atoms with Crippen molar-refractivity contribution in [2.75, 3.05) is 17.7 Å². The van der Waals surface area contributed by atoms with Gasteiger partial charge in [-0.05, 0) is 19.1 Å². The van der Waals surface area contributed by atoms with Gasteiger partial charge in [0.15, 0.2) is 0 Å². The molecule has 0 saturated heterocycles. The zero-order valence-electron chi connectivity index (χ0n) is 10.8. The van der Waals surface area contributed by atoms with Crippen molar-refractivity contribution < 1.29 is 5.11 Å². The second-order valence-electron chi connectivity index (χ2n) is 4.45. The average molecular weight is 290 g/mol. The minimum absolute atomic E-state index is 0.0180. The highest BCUT2D eigenvalue weighted by Crippen LogP contribution is 2.35. The molecule has 3 aromatic rings. The molecular formula is C12H14N6OS. The van der Waals surface area contributed by atoms with E-state index < -0.39 is 0 Å². The van der Waals surface area contributed by atoms with Crippen molar-refractivity contribution in [3.63, 3.8) is 0 Å². The largest absolute Gasteiger partial charge is 0.394 e. The van der Waals surface area contributed by atoms with E-state index >= 15 is 0 Å². The molecule has 0 bridgehead atoms. The molecule has 20 heavy (non-hydrogen) atoms. The van der Waals surface area contributed by atoms with Gasteiger partial charge in [0.25, 0.3) is 0 Å². The van der Waals surface area contributed by atoms with Crippen LogP contribution in [-0.2, 0) is 0 Å². The van der Waals surface area contributed by atoms with Crippen LogP contribution in [-0.4, -0.2) is 37.9 Å². The Kier molecular flexibility index (Phi) is 3.25. The molecule has 7 nitrogen and oxygen atoms in total. The first kappa shape index (κ1) is 12.8. The lowest BCUT2D eigenvalue weighted by molar-refractivity contribution is 0.281. The maximum Gasteiger partial charge on any atom is 0.222 e. The third-order valence-electron chi connectivity index (χ3n) is 2.81. The van der Waals surface area contributed by atoms with Crippen molar-refractivity contribution in [3.8, 4) is 10.6 Å². The van der Waals surface area contributed by atoms with Crippen molar-refractivity contribution >= 4 is 33.3 Å². The molecule has 0 amide bonds. The predicted octanol–water partition coefficient (Wildman–Crippen LogP) is 1.46. The number of aliphatic hydroxyl groups excluding tert-OH is 1. The Morgan fingerprint density at radius 1 is 1.50 bits per heavy atom. The lowest BCUT2D eigenvalue weighted by Crippen LogP contribution is -2.20. The van der Waals surface area contributed by atoms with Gasteiger partial charge in [-0.25, -0.2) is 4.98 Å². The van der Waals surface area contributed by atoms with Crippen molar-refractivity contribution in [1.29, 1.82) is 0 Å². The number of nitrogens with two attached hydrogens (primary N) is 1. The van der Waals surface area contributed by atoms with Crippen LogP contribution in [0.3, 0.4) is 0 Å². The Hall–Kier alpha value is -2.19. The summed E-state index contributed by atoms with van der Waals surface area (Å²) in [6, 6.07) is 3.73. The third kappa shape index (κ3) is 2.30. The number of rotatable bonds is 4. The molecule has 0 aliphatic heterocycles. The first-order valence-corrected chi connectivity index (χ1v) is 6.93. The number of fused-ring (bicyclic) bond motifs is 1. The molecule has 0 unspecified atom stereocenters. The second kappa shape index (κ2) is 5.06.